The van der Waals surface area contributed by atoms with Gasteiger partial charge in [0.2, 0.25) is 0 Å². The summed E-state index contributed by atoms with van der Waals surface area (Å²) in [5, 5.41) is 3.30. The van der Waals surface area contributed by atoms with Gasteiger partial charge in [-0.1, -0.05) is 0 Å². The van der Waals surface area contributed by atoms with Crippen molar-refractivity contribution in [2.75, 3.05) is 13.7 Å². The Balaban J connectivity index is 2.39. The van der Waals surface area contributed by atoms with Crippen LogP contribution >= 0.6 is 0 Å². The molecule has 3 heteroatoms. The maximum atomic E-state index is 10.9. The number of carbonyl (C=O) groups excluding carboxylic acids is 1. The quantitative estimate of drug-likeness (QED) is 0.599. The third-order valence-corrected chi connectivity index (χ3v) is 2.22. The Morgan fingerprint density at radius 2 is 2.45 bits per heavy atom. The fourth-order valence-electron chi connectivity index (χ4n) is 1.50. The molecule has 1 aliphatic rings. The third kappa shape index (κ3) is 2.19. The highest BCUT2D eigenvalue weighted by Crippen LogP contribution is 2.22. The molecule has 1 saturated heterocycles. The van der Waals surface area contributed by atoms with Gasteiger partial charge >= 0.3 is 5.97 Å². The van der Waals surface area contributed by atoms with Crippen LogP contribution in [0.2, 0.25) is 0 Å². The maximum Gasteiger partial charge on any atom is 0.307 e. The fourth-order valence-corrected chi connectivity index (χ4v) is 1.50. The summed E-state index contributed by atoms with van der Waals surface area (Å²) in [6.07, 6.45) is 2.72. The van der Waals surface area contributed by atoms with Crippen LogP contribution in [0, 0.1) is 0 Å². The molecule has 0 bridgehead atoms. The van der Waals surface area contributed by atoms with Crippen molar-refractivity contribution in [1.29, 1.82) is 0 Å². The average molecular weight is 157 g/mol. The molecule has 1 rings (SSSR count). The van der Waals surface area contributed by atoms with Gasteiger partial charge in [0.1, 0.15) is 0 Å². The lowest BCUT2D eigenvalue weighted by Crippen LogP contribution is -2.38. The van der Waals surface area contributed by atoms with E-state index in [0.717, 1.165) is 19.4 Å². The van der Waals surface area contributed by atoms with Gasteiger partial charge in [0.15, 0.2) is 0 Å². The molecule has 1 atom stereocenters. The maximum absolute atomic E-state index is 10.9. The molecule has 1 fully saturated rings. The van der Waals surface area contributed by atoms with Crippen molar-refractivity contribution in [3.63, 3.8) is 0 Å². The van der Waals surface area contributed by atoms with Gasteiger partial charge in [-0.25, -0.2) is 0 Å². The SMILES string of the molecule is COC(=O)CC1(C)CCCN1. The molecule has 3 nitrogen and oxygen atoms in total. The summed E-state index contributed by atoms with van der Waals surface area (Å²) in [6, 6.07) is 0. The van der Waals surface area contributed by atoms with Crippen molar-refractivity contribution in [1.82, 2.24) is 5.32 Å². The number of rotatable bonds is 2. The number of esters is 1. The number of methoxy groups -OCH3 is 1. The first-order chi connectivity index (χ1) is 5.16. The fraction of sp³-hybridized carbons (Fsp3) is 0.875. The van der Waals surface area contributed by atoms with Crippen LogP contribution in [0.15, 0.2) is 0 Å². The minimum atomic E-state index is -0.123. The molecular formula is C8H15NO2. The normalized spacial score (nSPS) is 30.4. The minimum absolute atomic E-state index is 0.00685. The lowest BCUT2D eigenvalue weighted by Gasteiger charge is -2.22. The van der Waals surface area contributed by atoms with Crippen LogP contribution < -0.4 is 5.32 Å². The van der Waals surface area contributed by atoms with E-state index >= 15 is 0 Å². The number of carbonyl (C=O) groups is 1. The predicted octanol–water partition coefficient (Wildman–Crippen LogP) is 0.692. The van der Waals surface area contributed by atoms with Gasteiger partial charge in [-0.05, 0) is 26.3 Å². The smallest absolute Gasteiger partial charge is 0.307 e. The van der Waals surface area contributed by atoms with E-state index in [0.29, 0.717) is 6.42 Å². The van der Waals surface area contributed by atoms with Crippen molar-refractivity contribution in [2.45, 2.75) is 31.7 Å². The van der Waals surface area contributed by atoms with Crippen LogP contribution in [0.4, 0.5) is 0 Å². The minimum Gasteiger partial charge on any atom is -0.469 e. The molecule has 0 aromatic heterocycles. The van der Waals surface area contributed by atoms with Crippen molar-refractivity contribution >= 4 is 5.97 Å². The summed E-state index contributed by atoms with van der Waals surface area (Å²) in [5.74, 6) is -0.123. The molecule has 1 N–H and O–H groups in total. The zero-order valence-electron chi connectivity index (χ0n) is 7.14. The molecule has 64 valence electrons. The number of ether oxygens (including phenoxy) is 1. The van der Waals surface area contributed by atoms with Crippen LogP contribution in [0.25, 0.3) is 0 Å². The molecule has 1 aliphatic heterocycles. The van der Waals surface area contributed by atoms with Crippen LogP contribution in [0.5, 0.6) is 0 Å². The van der Waals surface area contributed by atoms with Gasteiger partial charge in [0.05, 0.1) is 13.5 Å². The molecule has 0 amide bonds. The van der Waals surface area contributed by atoms with Crippen molar-refractivity contribution in [2.24, 2.45) is 0 Å². The van der Waals surface area contributed by atoms with Crippen LogP contribution in [0.1, 0.15) is 26.2 Å². The zero-order valence-corrected chi connectivity index (χ0v) is 7.14. The highest BCUT2D eigenvalue weighted by Gasteiger charge is 2.30. The monoisotopic (exact) mass is 157 g/mol. The largest absolute Gasteiger partial charge is 0.469 e. The Hall–Kier alpha value is -0.570. The highest BCUT2D eigenvalue weighted by atomic mass is 16.5. The molecule has 1 heterocycles. The number of nitrogens with one attached hydrogen (secondary N) is 1. The molecule has 0 aliphatic carbocycles. The van der Waals surface area contributed by atoms with E-state index in [2.05, 4.69) is 17.0 Å². The lowest BCUT2D eigenvalue weighted by atomic mass is 9.96. The van der Waals surface area contributed by atoms with E-state index in [1.165, 1.54) is 7.11 Å². The van der Waals surface area contributed by atoms with Gasteiger partial charge in [-0.3, -0.25) is 4.79 Å². The van der Waals surface area contributed by atoms with Gasteiger partial charge in [-0.15, -0.1) is 0 Å². The number of hydrogen-bond donors (Lipinski definition) is 1. The van der Waals surface area contributed by atoms with Gasteiger partial charge in [0.25, 0.3) is 0 Å². The topological polar surface area (TPSA) is 38.3 Å². The van der Waals surface area contributed by atoms with Crippen molar-refractivity contribution in [3.05, 3.63) is 0 Å². The number of hydrogen-bond acceptors (Lipinski definition) is 3. The molecule has 11 heavy (non-hydrogen) atoms. The zero-order chi connectivity index (χ0) is 8.32. The van der Waals surface area contributed by atoms with Crippen molar-refractivity contribution in [3.8, 4) is 0 Å². The molecule has 0 saturated carbocycles. The Labute approximate surface area is 67.1 Å². The third-order valence-electron chi connectivity index (χ3n) is 2.22. The molecule has 0 aromatic rings. The van der Waals surface area contributed by atoms with E-state index in [9.17, 15) is 4.79 Å². The summed E-state index contributed by atoms with van der Waals surface area (Å²) < 4.78 is 4.60. The van der Waals surface area contributed by atoms with E-state index < -0.39 is 0 Å². The standard InChI is InChI=1S/C8H15NO2/c1-8(4-3-5-9-8)6-7(10)11-2/h9H,3-6H2,1-2H3. The van der Waals surface area contributed by atoms with Gasteiger partial charge in [-0.2, -0.15) is 0 Å². The molecule has 0 radical (unpaired) electrons. The Morgan fingerprint density at radius 3 is 2.91 bits per heavy atom. The Morgan fingerprint density at radius 1 is 1.73 bits per heavy atom. The second-order valence-electron chi connectivity index (χ2n) is 3.34. The highest BCUT2D eigenvalue weighted by molar-refractivity contribution is 5.70. The first-order valence-electron chi connectivity index (χ1n) is 3.98. The first kappa shape index (κ1) is 8.53. The first-order valence-corrected chi connectivity index (χ1v) is 3.98. The predicted molar refractivity (Wildman–Crippen MR) is 42.3 cm³/mol. The van der Waals surface area contributed by atoms with Crippen LogP contribution in [-0.2, 0) is 9.53 Å². The van der Waals surface area contributed by atoms with Gasteiger partial charge in [0, 0.05) is 5.54 Å². The molecule has 0 spiro atoms. The molecular weight excluding hydrogens is 142 g/mol. The van der Waals surface area contributed by atoms with Crippen molar-refractivity contribution < 1.29 is 9.53 Å². The van der Waals surface area contributed by atoms with Crippen LogP contribution in [-0.4, -0.2) is 25.2 Å². The summed E-state index contributed by atoms with van der Waals surface area (Å²) in [7, 11) is 1.43. The molecule has 1 unspecified atom stereocenters. The summed E-state index contributed by atoms with van der Waals surface area (Å²) >= 11 is 0. The average Bonchev–Trinajstić information content (AvgIpc) is 2.36. The summed E-state index contributed by atoms with van der Waals surface area (Å²) in [6.45, 7) is 3.09. The Kier molecular flexibility index (Phi) is 2.49. The lowest BCUT2D eigenvalue weighted by molar-refractivity contribution is -0.142. The van der Waals surface area contributed by atoms with E-state index in [4.69, 9.17) is 0 Å². The second-order valence-corrected chi connectivity index (χ2v) is 3.34. The Bertz CT molecular complexity index is 150. The second kappa shape index (κ2) is 3.22. The van der Waals surface area contributed by atoms with E-state index in [1.807, 2.05) is 0 Å². The summed E-state index contributed by atoms with van der Waals surface area (Å²) in [4.78, 5) is 10.9. The summed E-state index contributed by atoms with van der Waals surface area (Å²) in [5.41, 5.74) is -0.00685. The van der Waals surface area contributed by atoms with Crippen LogP contribution in [0.3, 0.4) is 0 Å². The molecule has 0 aromatic carbocycles. The van der Waals surface area contributed by atoms with Gasteiger partial charge < -0.3 is 10.1 Å². The van der Waals surface area contributed by atoms with E-state index in [1.54, 1.807) is 0 Å². The van der Waals surface area contributed by atoms with E-state index in [-0.39, 0.29) is 11.5 Å².